The number of hydrogen-bond acceptors (Lipinski definition) is 6. The number of rotatable bonds is 3. The third kappa shape index (κ3) is 2.96. The Hall–Kier alpha value is -3.22. The summed E-state index contributed by atoms with van der Waals surface area (Å²) in [6, 6.07) is 7.32. The Labute approximate surface area is 144 Å². The minimum atomic E-state index is -0.299. The second kappa shape index (κ2) is 6.35. The van der Waals surface area contributed by atoms with Gasteiger partial charge in [0.2, 0.25) is 0 Å². The number of nitrogens with two attached hydrogens (primary N) is 1. The topological polar surface area (TPSA) is 107 Å². The third-order valence-electron chi connectivity index (χ3n) is 4.30. The summed E-state index contributed by atoms with van der Waals surface area (Å²) in [5.74, 6) is 0.677. The first-order chi connectivity index (χ1) is 12.2. The van der Waals surface area contributed by atoms with Crippen molar-refractivity contribution in [1.29, 1.82) is 0 Å². The van der Waals surface area contributed by atoms with Gasteiger partial charge in [-0.05, 0) is 43.0 Å². The van der Waals surface area contributed by atoms with Gasteiger partial charge in [-0.25, -0.2) is 9.97 Å². The van der Waals surface area contributed by atoms with Crippen molar-refractivity contribution in [3.63, 3.8) is 0 Å². The van der Waals surface area contributed by atoms with Crippen LogP contribution >= 0.6 is 0 Å². The second-order valence-corrected chi connectivity index (χ2v) is 5.94. The second-order valence-electron chi connectivity index (χ2n) is 5.94. The van der Waals surface area contributed by atoms with Crippen molar-refractivity contribution in [2.24, 2.45) is 0 Å². The SMILES string of the molecule is Nc1nc(-c2ccco2)ncc1C(=O)NC1CCCc2cccnc21. The van der Waals surface area contributed by atoms with Crippen LogP contribution in [0.1, 0.15) is 40.5 Å². The molecule has 7 heteroatoms. The normalized spacial score (nSPS) is 16.2. The van der Waals surface area contributed by atoms with Crippen molar-refractivity contribution >= 4 is 11.7 Å². The molecular formula is C18H17N5O2. The molecule has 1 aliphatic rings. The highest BCUT2D eigenvalue weighted by Gasteiger charge is 2.24. The first kappa shape index (κ1) is 15.3. The first-order valence-corrected chi connectivity index (χ1v) is 8.13. The first-order valence-electron chi connectivity index (χ1n) is 8.13. The molecule has 0 aliphatic heterocycles. The number of furan rings is 1. The van der Waals surface area contributed by atoms with Crippen LogP contribution in [0.25, 0.3) is 11.6 Å². The van der Waals surface area contributed by atoms with Crippen molar-refractivity contribution < 1.29 is 9.21 Å². The van der Waals surface area contributed by atoms with E-state index in [4.69, 9.17) is 10.2 Å². The maximum atomic E-state index is 12.6. The van der Waals surface area contributed by atoms with Crippen LogP contribution in [0.5, 0.6) is 0 Å². The van der Waals surface area contributed by atoms with Gasteiger partial charge in [-0.3, -0.25) is 9.78 Å². The number of nitrogen functional groups attached to an aromatic ring is 1. The highest BCUT2D eigenvalue weighted by molar-refractivity contribution is 5.98. The number of fused-ring (bicyclic) bond motifs is 1. The molecule has 1 atom stereocenters. The lowest BCUT2D eigenvalue weighted by molar-refractivity contribution is 0.0932. The van der Waals surface area contributed by atoms with Crippen molar-refractivity contribution in [3.05, 3.63) is 59.7 Å². The molecule has 3 N–H and O–H groups in total. The Morgan fingerprint density at radius 2 is 2.20 bits per heavy atom. The van der Waals surface area contributed by atoms with E-state index >= 15 is 0 Å². The molecule has 7 nitrogen and oxygen atoms in total. The van der Waals surface area contributed by atoms with Crippen LogP contribution in [-0.2, 0) is 6.42 Å². The summed E-state index contributed by atoms with van der Waals surface area (Å²) in [4.78, 5) is 25.4. The van der Waals surface area contributed by atoms with Gasteiger partial charge in [-0.1, -0.05) is 6.07 Å². The van der Waals surface area contributed by atoms with Gasteiger partial charge in [0.05, 0.1) is 23.6 Å². The maximum absolute atomic E-state index is 12.6. The van der Waals surface area contributed by atoms with Crippen LogP contribution in [0.15, 0.2) is 47.3 Å². The molecule has 0 aromatic carbocycles. The van der Waals surface area contributed by atoms with E-state index in [2.05, 4.69) is 26.3 Å². The maximum Gasteiger partial charge on any atom is 0.257 e. The summed E-state index contributed by atoms with van der Waals surface area (Å²) in [6.45, 7) is 0. The minimum Gasteiger partial charge on any atom is -0.461 e. The number of hydrogen-bond donors (Lipinski definition) is 2. The van der Waals surface area contributed by atoms with Gasteiger partial charge in [-0.2, -0.15) is 0 Å². The zero-order valence-electron chi connectivity index (χ0n) is 13.5. The van der Waals surface area contributed by atoms with E-state index in [0.29, 0.717) is 11.6 Å². The van der Waals surface area contributed by atoms with Crippen molar-refractivity contribution in [2.75, 3.05) is 5.73 Å². The summed E-state index contributed by atoms with van der Waals surface area (Å²) in [6.07, 6.45) is 7.55. The van der Waals surface area contributed by atoms with Crippen LogP contribution in [0.2, 0.25) is 0 Å². The molecule has 0 bridgehead atoms. The largest absolute Gasteiger partial charge is 0.461 e. The lowest BCUT2D eigenvalue weighted by Gasteiger charge is -2.25. The Morgan fingerprint density at radius 3 is 3.00 bits per heavy atom. The Bertz CT molecular complexity index is 908. The van der Waals surface area contributed by atoms with E-state index in [1.54, 1.807) is 18.3 Å². The van der Waals surface area contributed by atoms with Crippen LogP contribution in [0.4, 0.5) is 5.82 Å². The number of nitrogens with zero attached hydrogens (tertiary/aromatic N) is 3. The fourth-order valence-corrected chi connectivity index (χ4v) is 3.08. The average Bonchev–Trinajstić information content (AvgIpc) is 3.16. The van der Waals surface area contributed by atoms with Crippen LogP contribution in [-0.4, -0.2) is 20.9 Å². The van der Waals surface area contributed by atoms with Crippen molar-refractivity contribution in [1.82, 2.24) is 20.3 Å². The number of pyridine rings is 1. The van der Waals surface area contributed by atoms with E-state index in [1.807, 2.05) is 6.07 Å². The van der Waals surface area contributed by atoms with Gasteiger partial charge in [0, 0.05) is 12.4 Å². The molecule has 0 spiro atoms. The van der Waals surface area contributed by atoms with Gasteiger partial charge in [-0.15, -0.1) is 0 Å². The standard InChI is InChI=1S/C18H17N5O2/c19-16-12(10-21-17(23-16)14-7-3-9-25-14)18(24)22-13-6-1-4-11-5-2-8-20-15(11)13/h2-3,5,7-10,13H,1,4,6H2,(H,22,24)(H2,19,21,23). The number of anilines is 1. The number of aryl methyl sites for hydroxylation is 1. The predicted octanol–water partition coefficient (Wildman–Crippen LogP) is 2.52. The Balaban J connectivity index is 1.56. The van der Waals surface area contributed by atoms with E-state index in [0.717, 1.165) is 25.0 Å². The van der Waals surface area contributed by atoms with Gasteiger partial charge in [0.15, 0.2) is 11.6 Å². The van der Waals surface area contributed by atoms with Crippen LogP contribution in [0.3, 0.4) is 0 Å². The van der Waals surface area contributed by atoms with E-state index in [9.17, 15) is 4.79 Å². The number of amides is 1. The Kier molecular flexibility index (Phi) is 3.89. The summed E-state index contributed by atoms with van der Waals surface area (Å²) >= 11 is 0. The van der Waals surface area contributed by atoms with Crippen LogP contribution in [0, 0.1) is 0 Å². The number of carbonyl (C=O) groups excluding carboxylic acids is 1. The molecule has 3 aromatic heterocycles. The Morgan fingerprint density at radius 1 is 1.28 bits per heavy atom. The summed E-state index contributed by atoms with van der Waals surface area (Å²) in [7, 11) is 0. The molecule has 1 amide bonds. The van der Waals surface area contributed by atoms with Gasteiger partial charge >= 0.3 is 0 Å². The molecule has 1 aliphatic carbocycles. The molecule has 0 saturated heterocycles. The molecule has 3 aromatic rings. The molecule has 3 heterocycles. The predicted molar refractivity (Wildman–Crippen MR) is 91.5 cm³/mol. The highest BCUT2D eigenvalue weighted by atomic mass is 16.3. The zero-order valence-corrected chi connectivity index (χ0v) is 13.5. The molecule has 0 fully saturated rings. The van der Waals surface area contributed by atoms with Crippen molar-refractivity contribution in [3.8, 4) is 11.6 Å². The van der Waals surface area contributed by atoms with Crippen LogP contribution < -0.4 is 11.1 Å². The quantitative estimate of drug-likeness (QED) is 0.761. The number of nitrogens with one attached hydrogen (secondary N) is 1. The molecule has 0 radical (unpaired) electrons. The summed E-state index contributed by atoms with van der Waals surface area (Å²) in [5.41, 5.74) is 8.31. The summed E-state index contributed by atoms with van der Waals surface area (Å²) in [5, 5.41) is 3.00. The molecule has 126 valence electrons. The lowest BCUT2D eigenvalue weighted by atomic mass is 9.92. The van der Waals surface area contributed by atoms with E-state index in [-0.39, 0.29) is 23.3 Å². The molecule has 0 saturated carbocycles. The molecule has 1 unspecified atom stereocenters. The monoisotopic (exact) mass is 335 g/mol. The minimum absolute atomic E-state index is 0.121. The average molecular weight is 335 g/mol. The number of carbonyl (C=O) groups is 1. The van der Waals surface area contributed by atoms with E-state index < -0.39 is 0 Å². The molecule has 4 rings (SSSR count). The smallest absolute Gasteiger partial charge is 0.257 e. The number of aromatic nitrogens is 3. The van der Waals surface area contributed by atoms with Gasteiger partial charge in [0.1, 0.15) is 5.82 Å². The highest BCUT2D eigenvalue weighted by Crippen LogP contribution is 2.28. The van der Waals surface area contributed by atoms with Gasteiger partial charge in [0.25, 0.3) is 5.91 Å². The fourth-order valence-electron chi connectivity index (χ4n) is 3.08. The van der Waals surface area contributed by atoms with E-state index in [1.165, 1.54) is 18.0 Å². The molecule has 25 heavy (non-hydrogen) atoms. The van der Waals surface area contributed by atoms with Crippen molar-refractivity contribution in [2.45, 2.75) is 25.3 Å². The third-order valence-corrected chi connectivity index (χ3v) is 4.30. The zero-order chi connectivity index (χ0) is 17.2. The van der Waals surface area contributed by atoms with Gasteiger partial charge < -0.3 is 15.5 Å². The molecular weight excluding hydrogens is 318 g/mol. The fraction of sp³-hybridized carbons (Fsp3) is 0.222. The lowest BCUT2D eigenvalue weighted by Crippen LogP contribution is -2.32. The summed E-state index contributed by atoms with van der Waals surface area (Å²) < 4.78 is 5.25.